The van der Waals surface area contributed by atoms with Gasteiger partial charge in [-0.3, -0.25) is 0 Å². The molecule has 0 fully saturated rings. The van der Waals surface area contributed by atoms with E-state index in [0.29, 0.717) is 6.54 Å². The number of aromatic nitrogens is 1. The number of rotatable bonds is 2. The van der Waals surface area contributed by atoms with E-state index in [2.05, 4.69) is 84.5 Å². The van der Waals surface area contributed by atoms with Gasteiger partial charge in [0.1, 0.15) is 5.00 Å². The second kappa shape index (κ2) is 8.72. The van der Waals surface area contributed by atoms with Crippen LogP contribution in [0.25, 0.3) is 5.00 Å². The van der Waals surface area contributed by atoms with Gasteiger partial charge in [-0.05, 0) is 86.9 Å². The van der Waals surface area contributed by atoms with Crippen molar-refractivity contribution in [3.8, 4) is 5.00 Å². The molecular formula is C30H31N3OS. The molecule has 3 heterocycles. The Bertz CT molecular complexity index is 1410. The van der Waals surface area contributed by atoms with Crippen LogP contribution < -0.4 is 5.32 Å². The zero-order valence-corrected chi connectivity index (χ0v) is 21.4. The van der Waals surface area contributed by atoms with Crippen LogP contribution in [0.1, 0.15) is 62.8 Å². The standard InChI is InChI=1S/C30H31N3OS/c1-19-11-14-22(15-12-19)28-26-8-6-16-32(26)29-24(23-7-4-5-9-27(23)35-29)18-33(28)30(34)31-25-17-20(2)10-13-21(25)3/h6,8,10-17,28H,4-5,7,9,18H2,1-3H3,(H,31,34)/t28-/m1/s1. The van der Waals surface area contributed by atoms with Gasteiger partial charge in [-0.2, -0.15) is 0 Å². The van der Waals surface area contributed by atoms with Gasteiger partial charge < -0.3 is 14.8 Å². The summed E-state index contributed by atoms with van der Waals surface area (Å²) in [5.74, 6) is 0. The molecule has 2 amide bonds. The Morgan fingerprint density at radius 1 is 0.943 bits per heavy atom. The van der Waals surface area contributed by atoms with Crippen LogP contribution in [-0.2, 0) is 19.4 Å². The van der Waals surface area contributed by atoms with Gasteiger partial charge >= 0.3 is 6.03 Å². The molecule has 4 nitrogen and oxygen atoms in total. The molecule has 4 aromatic rings. The maximum Gasteiger partial charge on any atom is 0.322 e. The van der Waals surface area contributed by atoms with E-state index in [9.17, 15) is 4.79 Å². The number of fused-ring (bicyclic) bond motifs is 5. The fourth-order valence-corrected chi connectivity index (χ4v) is 6.95. The molecule has 0 bridgehead atoms. The average Bonchev–Trinajstić information content (AvgIpc) is 3.44. The van der Waals surface area contributed by atoms with Gasteiger partial charge in [0.25, 0.3) is 0 Å². The molecule has 0 unspecified atom stereocenters. The lowest BCUT2D eigenvalue weighted by atomic mass is 9.95. The second-order valence-corrected chi connectivity index (χ2v) is 11.1. The molecule has 1 aliphatic heterocycles. The lowest BCUT2D eigenvalue weighted by Gasteiger charge is -2.31. The van der Waals surface area contributed by atoms with Crippen LogP contribution >= 0.6 is 11.3 Å². The first-order valence-electron chi connectivity index (χ1n) is 12.5. The van der Waals surface area contributed by atoms with E-state index in [0.717, 1.165) is 40.9 Å². The van der Waals surface area contributed by atoms with Crippen LogP contribution in [-0.4, -0.2) is 15.5 Å². The zero-order valence-electron chi connectivity index (χ0n) is 20.6. The summed E-state index contributed by atoms with van der Waals surface area (Å²) >= 11 is 1.92. The van der Waals surface area contributed by atoms with Crippen LogP contribution in [0.15, 0.2) is 60.8 Å². The lowest BCUT2D eigenvalue weighted by Crippen LogP contribution is -2.38. The summed E-state index contributed by atoms with van der Waals surface area (Å²) < 4.78 is 2.34. The third kappa shape index (κ3) is 3.88. The summed E-state index contributed by atoms with van der Waals surface area (Å²) in [6, 6.07) is 18.9. The summed E-state index contributed by atoms with van der Waals surface area (Å²) in [7, 11) is 0. The molecule has 1 N–H and O–H groups in total. The van der Waals surface area contributed by atoms with Crippen molar-refractivity contribution >= 4 is 23.1 Å². The van der Waals surface area contributed by atoms with Crippen LogP contribution in [0.2, 0.25) is 0 Å². The minimum Gasteiger partial charge on any atom is -0.310 e. The Morgan fingerprint density at radius 3 is 2.54 bits per heavy atom. The molecule has 35 heavy (non-hydrogen) atoms. The first-order chi connectivity index (χ1) is 17.0. The Kier molecular flexibility index (Phi) is 5.53. The van der Waals surface area contributed by atoms with Gasteiger partial charge in [-0.25, -0.2) is 4.79 Å². The smallest absolute Gasteiger partial charge is 0.310 e. The van der Waals surface area contributed by atoms with Crippen molar-refractivity contribution in [2.45, 2.75) is 59.0 Å². The van der Waals surface area contributed by atoms with Gasteiger partial charge in [0.2, 0.25) is 0 Å². The first-order valence-corrected chi connectivity index (χ1v) is 13.3. The van der Waals surface area contributed by atoms with Crippen molar-refractivity contribution < 1.29 is 4.79 Å². The molecule has 0 radical (unpaired) electrons. The largest absolute Gasteiger partial charge is 0.322 e. The molecule has 5 heteroatoms. The molecule has 1 aliphatic carbocycles. The number of hydrogen-bond donors (Lipinski definition) is 1. The highest BCUT2D eigenvalue weighted by molar-refractivity contribution is 7.15. The van der Waals surface area contributed by atoms with Crippen molar-refractivity contribution in [1.29, 1.82) is 0 Å². The molecule has 2 aliphatic rings. The van der Waals surface area contributed by atoms with E-state index in [-0.39, 0.29) is 12.1 Å². The normalized spacial score (nSPS) is 16.8. The highest BCUT2D eigenvalue weighted by Gasteiger charge is 2.36. The fraction of sp³-hybridized carbons (Fsp3) is 0.300. The van der Waals surface area contributed by atoms with Crippen molar-refractivity contribution in [2.24, 2.45) is 0 Å². The van der Waals surface area contributed by atoms with E-state index in [1.54, 1.807) is 0 Å². The molecule has 1 atom stereocenters. The summed E-state index contributed by atoms with van der Waals surface area (Å²) in [4.78, 5) is 17.6. The number of anilines is 1. The summed E-state index contributed by atoms with van der Waals surface area (Å²) in [6.07, 6.45) is 6.92. The number of urea groups is 1. The van der Waals surface area contributed by atoms with Crippen molar-refractivity contribution in [3.05, 3.63) is 105 Å². The predicted octanol–water partition coefficient (Wildman–Crippen LogP) is 7.48. The van der Waals surface area contributed by atoms with E-state index in [1.807, 2.05) is 23.2 Å². The van der Waals surface area contributed by atoms with E-state index in [4.69, 9.17) is 0 Å². The number of thiophene rings is 1. The summed E-state index contributed by atoms with van der Waals surface area (Å²) in [5, 5.41) is 4.55. The van der Waals surface area contributed by atoms with Gasteiger partial charge in [-0.1, -0.05) is 42.0 Å². The Hall–Kier alpha value is -3.31. The molecular weight excluding hydrogens is 450 g/mol. The Balaban J connectivity index is 1.50. The van der Waals surface area contributed by atoms with Crippen LogP contribution in [0.4, 0.5) is 10.5 Å². The monoisotopic (exact) mass is 481 g/mol. The predicted molar refractivity (Wildman–Crippen MR) is 144 cm³/mol. The van der Waals surface area contributed by atoms with Crippen LogP contribution in [0, 0.1) is 20.8 Å². The molecule has 0 spiro atoms. The Labute approximate surface area is 211 Å². The van der Waals surface area contributed by atoms with Crippen LogP contribution in [0.3, 0.4) is 0 Å². The van der Waals surface area contributed by atoms with Crippen LogP contribution in [0.5, 0.6) is 0 Å². The van der Waals surface area contributed by atoms with Gasteiger partial charge in [0.15, 0.2) is 0 Å². The van der Waals surface area contributed by atoms with Gasteiger partial charge in [0, 0.05) is 22.3 Å². The number of benzene rings is 2. The highest BCUT2D eigenvalue weighted by Crippen LogP contribution is 2.44. The van der Waals surface area contributed by atoms with Crippen molar-refractivity contribution in [2.75, 3.05) is 5.32 Å². The molecule has 178 valence electrons. The zero-order chi connectivity index (χ0) is 24.1. The summed E-state index contributed by atoms with van der Waals surface area (Å²) in [6.45, 7) is 6.83. The molecule has 2 aromatic carbocycles. The van der Waals surface area contributed by atoms with E-state index in [1.165, 1.54) is 39.4 Å². The van der Waals surface area contributed by atoms with Gasteiger partial charge in [-0.15, -0.1) is 11.3 Å². The average molecular weight is 482 g/mol. The lowest BCUT2D eigenvalue weighted by molar-refractivity contribution is 0.194. The minimum atomic E-state index is -0.172. The molecule has 0 saturated carbocycles. The third-order valence-electron chi connectivity index (χ3n) is 7.47. The quantitative estimate of drug-likeness (QED) is 0.317. The maximum absolute atomic E-state index is 14.1. The number of nitrogens with one attached hydrogen (secondary N) is 1. The molecule has 0 saturated heterocycles. The number of carbonyl (C=O) groups excluding carboxylic acids is 1. The minimum absolute atomic E-state index is 0.0550. The number of aryl methyl sites for hydroxylation is 4. The number of nitrogens with zero attached hydrogens (tertiary/aromatic N) is 2. The van der Waals surface area contributed by atoms with E-state index >= 15 is 0 Å². The number of hydrogen-bond acceptors (Lipinski definition) is 2. The molecule has 2 aromatic heterocycles. The number of amides is 2. The van der Waals surface area contributed by atoms with Crippen molar-refractivity contribution in [3.63, 3.8) is 0 Å². The maximum atomic E-state index is 14.1. The topological polar surface area (TPSA) is 37.3 Å². The summed E-state index contributed by atoms with van der Waals surface area (Å²) in [5.41, 5.74) is 9.39. The third-order valence-corrected chi connectivity index (χ3v) is 8.80. The van der Waals surface area contributed by atoms with Crippen molar-refractivity contribution in [1.82, 2.24) is 9.47 Å². The highest BCUT2D eigenvalue weighted by atomic mass is 32.1. The molecule has 6 rings (SSSR count). The number of carbonyl (C=O) groups is 1. The Morgan fingerprint density at radius 2 is 1.71 bits per heavy atom. The SMILES string of the molecule is Cc1ccc([C@@H]2c3cccn3-c3sc4c(c3CN2C(=O)Nc2cc(C)ccc2C)CCCC4)cc1. The second-order valence-electron chi connectivity index (χ2n) is 9.99. The fourth-order valence-electron chi connectivity index (χ4n) is 5.54. The van der Waals surface area contributed by atoms with E-state index < -0.39 is 0 Å². The first kappa shape index (κ1) is 22.2. The van der Waals surface area contributed by atoms with Gasteiger partial charge in [0.05, 0.1) is 18.3 Å².